The van der Waals surface area contributed by atoms with Crippen molar-refractivity contribution in [1.29, 1.82) is 0 Å². The number of esters is 1. The quantitative estimate of drug-likeness (QED) is 0.563. The Balaban J connectivity index is 2.34. The molecular weight excluding hydrogens is 350 g/mol. The molecule has 3 N–H and O–H groups in total. The average Bonchev–Trinajstić information content (AvgIpc) is 2.52. The summed E-state index contributed by atoms with van der Waals surface area (Å²) in [5, 5.41) is 3.53. The van der Waals surface area contributed by atoms with Crippen molar-refractivity contribution in [1.82, 2.24) is 9.97 Å². The molecule has 0 amide bonds. The van der Waals surface area contributed by atoms with Crippen LogP contribution in [-0.2, 0) is 9.53 Å². The van der Waals surface area contributed by atoms with Crippen LogP contribution in [0.4, 0.5) is 5.82 Å². The van der Waals surface area contributed by atoms with Gasteiger partial charge in [0.15, 0.2) is 4.77 Å². The molecule has 1 aliphatic heterocycles. The number of aromatic nitrogens is 2. The van der Waals surface area contributed by atoms with Gasteiger partial charge in [-0.25, -0.2) is 4.79 Å². The van der Waals surface area contributed by atoms with Crippen molar-refractivity contribution in [2.75, 3.05) is 12.4 Å². The van der Waals surface area contributed by atoms with E-state index in [2.05, 4.69) is 15.3 Å². The van der Waals surface area contributed by atoms with E-state index < -0.39 is 11.9 Å². The number of hydrogen-bond acceptors (Lipinski definition) is 5. The fraction of sp³-hybridized carbons (Fsp3) is 0.188. The highest BCUT2D eigenvalue weighted by Crippen LogP contribution is 2.39. The number of methoxy groups -OCH3 is 1. The summed E-state index contributed by atoms with van der Waals surface area (Å²) in [6.07, 6.45) is 0. The number of nitrogens with one attached hydrogen (secondary N) is 3. The van der Waals surface area contributed by atoms with E-state index in [4.69, 9.17) is 28.6 Å². The molecule has 0 saturated heterocycles. The van der Waals surface area contributed by atoms with Gasteiger partial charge in [0.2, 0.25) is 0 Å². The van der Waals surface area contributed by atoms with Crippen molar-refractivity contribution >= 4 is 35.6 Å². The number of anilines is 1. The number of hydrogen-bond donors (Lipinski definition) is 3. The first kappa shape index (κ1) is 16.5. The van der Waals surface area contributed by atoms with Crippen LogP contribution in [0, 0.1) is 4.77 Å². The Bertz CT molecular complexity index is 977. The number of rotatable bonds is 2. The highest BCUT2D eigenvalue weighted by Gasteiger charge is 2.35. The fourth-order valence-corrected chi connectivity index (χ4v) is 3.28. The second kappa shape index (κ2) is 6.26. The number of carbonyl (C=O) groups excluding carboxylic acids is 1. The van der Waals surface area contributed by atoms with Crippen molar-refractivity contribution in [3.8, 4) is 0 Å². The number of carbonyl (C=O) groups is 1. The van der Waals surface area contributed by atoms with Gasteiger partial charge in [0.25, 0.3) is 5.56 Å². The molecule has 3 rings (SSSR count). The van der Waals surface area contributed by atoms with Crippen LogP contribution in [-0.4, -0.2) is 23.0 Å². The Morgan fingerprint density at radius 1 is 1.33 bits per heavy atom. The summed E-state index contributed by atoms with van der Waals surface area (Å²) in [6, 6.07) is 7.02. The van der Waals surface area contributed by atoms with Crippen LogP contribution in [0.3, 0.4) is 0 Å². The number of fused-ring (bicyclic) bond motifs is 1. The first-order valence-electron chi connectivity index (χ1n) is 7.10. The molecule has 0 spiro atoms. The van der Waals surface area contributed by atoms with Gasteiger partial charge in [-0.2, -0.15) is 0 Å². The van der Waals surface area contributed by atoms with Crippen LogP contribution in [0.2, 0.25) is 5.02 Å². The van der Waals surface area contributed by atoms with Crippen molar-refractivity contribution < 1.29 is 9.53 Å². The molecule has 124 valence electrons. The third-order valence-corrected chi connectivity index (χ3v) is 4.30. The first-order valence-corrected chi connectivity index (χ1v) is 7.89. The van der Waals surface area contributed by atoms with Gasteiger partial charge in [-0.1, -0.05) is 23.7 Å². The monoisotopic (exact) mass is 363 g/mol. The molecule has 6 nitrogen and oxygen atoms in total. The largest absolute Gasteiger partial charge is 0.466 e. The molecular formula is C16H14ClN3O3S. The fourth-order valence-electron chi connectivity index (χ4n) is 2.89. The maximum atomic E-state index is 12.5. The molecule has 0 aliphatic carbocycles. The van der Waals surface area contributed by atoms with Gasteiger partial charge in [-0.3, -0.25) is 9.78 Å². The topological polar surface area (TPSA) is 87.0 Å². The van der Waals surface area contributed by atoms with Crippen LogP contribution in [0.25, 0.3) is 0 Å². The Hall–Kier alpha value is -2.38. The predicted molar refractivity (Wildman–Crippen MR) is 93.9 cm³/mol. The van der Waals surface area contributed by atoms with Crippen molar-refractivity contribution in [3.05, 3.63) is 66.8 Å². The van der Waals surface area contributed by atoms with E-state index >= 15 is 0 Å². The molecule has 8 heteroatoms. The standard InChI is InChI=1S/C16H14ClN3O3S/c1-7-10(15(22)23-2)11(8-4-3-5-9(17)6-8)12-13(18-7)19-16(24)20-14(12)21/h3-6,11H,1-2H3,(H3,18,19,20,21,24). The molecule has 0 saturated carbocycles. The lowest BCUT2D eigenvalue weighted by atomic mass is 9.82. The smallest absolute Gasteiger partial charge is 0.336 e. The van der Waals surface area contributed by atoms with Crippen molar-refractivity contribution in [3.63, 3.8) is 0 Å². The number of ether oxygens (including phenoxy) is 1. The zero-order valence-electron chi connectivity index (χ0n) is 12.9. The van der Waals surface area contributed by atoms with Crippen LogP contribution < -0.4 is 10.9 Å². The minimum Gasteiger partial charge on any atom is -0.466 e. The Kier molecular flexibility index (Phi) is 4.29. The highest BCUT2D eigenvalue weighted by molar-refractivity contribution is 7.71. The van der Waals surface area contributed by atoms with Crippen LogP contribution in [0.15, 0.2) is 40.3 Å². The number of allylic oxidation sites excluding steroid dienone is 1. The minimum atomic E-state index is -0.622. The SMILES string of the molecule is COC(=O)C1=C(C)Nc2[nH]c(=S)[nH]c(=O)c2C1c1cccc(Cl)c1. The summed E-state index contributed by atoms with van der Waals surface area (Å²) in [6.45, 7) is 1.74. The van der Waals surface area contributed by atoms with Gasteiger partial charge >= 0.3 is 5.97 Å². The highest BCUT2D eigenvalue weighted by atomic mass is 35.5. The summed E-state index contributed by atoms with van der Waals surface area (Å²) in [7, 11) is 1.30. The first-order chi connectivity index (χ1) is 11.4. The number of benzene rings is 1. The van der Waals surface area contributed by atoms with Gasteiger partial charge < -0.3 is 15.0 Å². The number of halogens is 1. The van der Waals surface area contributed by atoms with Crippen LogP contribution >= 0.6 is 23.8 Å². The molecule has 0 radical (unpaired) electrons. The predicted octanol–water partition coefficient (Wildman–Crippen LogP) is 3.09. The molecule has 1 aliphatic rings. The molecule has 1 unspecified atom stereocenters. The van der Waals surface area contributed by atoms with Gasteiger partial charge in [0.1, 0.15) is 5.82 Å². The number of aromatic amines is 2. The Labute approximate surface area is 147 Å². The van der Waals surface area contributed by atoms with E-state index in [1.165, 1.54) is 7.11 Å². The van der Waals surface area contributed by atoms with E-state index in [1.54, 1.807) is 25.1 Å². The Morgan fingerprint density at radius 3 is 2.75 bits per heavy atom. The lowest BCUT2D eigenvalue weighted by Gasteiger charge is -2.28. The van der Waals surface area contributed by atoms with Gasteiger partial charge in [0.05, 0.1) is 24.2 Å². The lowest BCUT2D eigenvalue weighted by Crippen LogP contribution is -2.30. The van der Waals surface area contributed by atoms with Crippen LogP contribution in [0.5, 0.6) is 0 Å². The average molecular weight is 364 g/mol. The maximum absolute atomic E-state index is 12.5. The maximum Gasteiger partial charge on any atom is 0.336 e. The number of H-pyrrole nitrogens is 2. The molecule has 0 bridgehead atoms. The van der Waals surface area contributed by atoms with Crippen molar-refractivity contribution in [2.45, 2.75) is 12.8 Å². The van der Waals surface area contributed by atoms with E-state index in [9.17, 15) is 9.59 Å². The lowest BCUT2D eigenvalue weighted by molar-refractivity contribution is -0.136. The summed E-state index contributed by atoms with van der Waals surface area (Å²) in [5.74, 6) is -0.681. The van der Waals surface area contributed by atoms with Gasteiger partial charge in [-0.15, -0.1) is 0 Å². The van der Waals surface area contributed by atoms with Crippen LogP contribution in [0.1, 0.15) is 24.0 Å². The van der Waals surface area contributed by atoms with E-state index in [1.807, 2.05) is 6.07 Å². The molecule has 2 aromatic rings. The van der Waals surface area contributed by atoms with Gasteiger partial charge in [0, 0.05) is 10.7 Å². The molecule has 2 heterocycles. The molecule has 24 heavy (non-hydrogen) atoms. The Morgan fingerprint density at radius 2 is 2.08 bits per heavy atom. The second-order valence-corrected chi connectivity index (χ2v) is 6.18. The molecule has 0 fully saturated rings. The molecule has 1 atom stereocenters. The molecule has 1 aromatic carbocycles. The summed E-state index contributed by atoms with van der Waals surface area (Å²) in [4.78, 5) is 30.3. The normalized spacial score (nSPS) is 16.4. The van der Waals surface area contributed by atoms with E-state index in [-0.39, 0.29) is 10.3 Å². The van der Waals surface area contributed by atoms with E-state index in [0.717, 1.165) is 0 Å². The van der Waals surface area contributed by atoms with Crippen molar-refractivity contribution in [2.24, 2.45) is 0 Å². The summed E-state index contributed by atoms with van der Waals surface area (Å²) >= 11 is 11.1. The third kappa shape index (κ3) is 2.76. The summed E-state index contributed by atoms with van der Waals surface area (Å²) in [5.41, 5.74) is 1.62. The van der Waals surface area contributed by atoms with E-state index in [0.29, 0.717) is 33.2 Å². The minimum absolute atomic E-state index is 0.199. The zero-order chi connectivity index (χ0) is 17.4. The second-order valence-electron chi connectivity index (χ2n) is 5.34. The zero-order valence-corrected chi connectivity index (χ0v) is 14.5. The summed E-state index contributed by atoms with van der Waals surface area (Å²) < 4.78 is 5.11. The molecule has 1 aromatic heterocycles. The third-order valence-electron chi connectivity index (χ3n) is 3.86. The van der Waals surface area contributed by atoms with Gasteiger partial charge in [-0.05, 0) is 36.8 Å².